The van der Waals surface area contributed by atoms with Crippen molar-refractivity contribution in [2.24, 2.45) is 5.73 Å². The lowest BCUT2D eigenvalue weighted by atomic mass is 10.0. The molecule has 0 aromatic heterocycles. The second kappa shape index (κ2) is 5.28. The molecule has 2 rings (SSSR count). The number of methoxy groups -OCH3 is 1. The zero-order valence-electron chi connectivity index (χ0n) is 10.5. The molecule has 1 aliphatic heterocycles. The lowest BCUT2D eigenvalue weighted by Gasteiger charge is -2.27. The fourth-order valence-corrected chi connectivity index (χ4v) is 2.94. The van der Waals surface area contributed by atoms with Gasteiger partial charge in [0.2, 0.25) is 5.91 Å². The van der Waals surface area contributed by atoms with E-state index in [1.807, 2.05) is 30.0 Å². The Morgan fingerprint density at radius 3 is 2.89 bits per heavy atom. The standard InChI is InChI=1S/C13H17BrN2O2/c1-3-16-12(17)7-11(15)13(16)9-6-8(18-2)4-5-10(9)14/h4-6,11,13H,3,7,15H2,1-2H3. The number of amides is 1. The first-order valence-electron chi connectivity index (χ1n) is 5.97. The molecule has 5 heteroatoms. The van der Waals surface area contributed by atoms with Crippen LogP contribution in [0.1, 0.15) is 24.9 Å². The summed E-state index contributed by atoms with van der Waals surface area (Å²) in [6, 6.07) is 5.51. The minimum atomic E-state index is -0.166. The van der Waals surface area contributed by atoms with E-state index in [2.05, 4.69) is 15.9 Å². The summed E-state index contributed by atoms with van der Waals surface area (Å²) in [6.07, 6.45) is 0.405. The predicted molar refractivity (Wildman–Crippen MR) is 73.4 cm³/mol. The highest BCUT2D eigenvalue weighted by atomic mass is 79.9. The molecule has 1 amide bonds. The fraction of sp³-hybridized carbons (Fsp3) is 0.462. The maximum absolute atomic E-state index is 11.9. The molecule has 4 nitrogen and oxygen atoms in total. The predicted octanol–water partition coefficient (Wildman–Crippen LogP) is 2.08. The summed E-state index contributed by atoms with van der Waals surface area (Å²) in [5.41, 5.74) is 7.11. The summed E-state index contributed by atoms with van der Waals surface area (Å²) < 4.78 is 6.19. The van der Waals surface area contributed by atoms with Crippen molar-refractivity contribution in [3.8, 4) is 5.75 Å². The van der Waals surface area contributed by atoms with E-state index in [9.17, 15) is 4.79 Å². The molecule has 0 spiro atoms. The highest BCUT2D eigenvalue weighted by Gasteiger charge is 2.38. The van der Waals surface area contributed by atoms with Crippen LogP contribution < -0.4 is 10.5 Å². The van der Waals surface area contributed by atoms with E-state index in [1.165, 1.54) is 0 Å². The van der Waals surface area contributed by atoms with Gasteiger partial charge in [0.1, 0.15) is 5.75 Å². The number of carbonyl (C=O) groups excluding carboxylic acids is 1. The Bertz CT molecular complexity index is 464. The maximum atomic E-state index is 11.9. The van der Waals surface area contributed by atoms with E-state index in [0.29, 0.717) is 13.0 Å². The number of carbonyl (C=O) groups is 1. The number of benzene rings is 1. The second-order valence-electron chi connectivity index (χ2n) is 4.38. The van der Waals surface area contributed by atoms with Crippen LogP contribution in [-0.2, 0) is 4.79 Å². The minimum absolute atomic E-state index is 0.0769. The molecule has 0 saturated carbocycles. The number of ether oxygens (including phenoxy) is 1. The zero-order valence-corrected chi connectivity index (χ0v) is 12.1. The van der Waals surface area contributed by atoms with Gasteiger partial charge in [0, 0.05) is 23.5 Å². The summed E-state index contributed by atoms with van der Waals surface area (Å²) in [5.74, 6) is 0.889. The fourth-order valence-electron chi connectivity index (χ4n) is 2.46. The van der Waals surface area contributed by atoms with Gasteiger partial charge in [0.25, 0.3) is 0 Å². The molecule has 98 valence electrons. The van der Waals surface area contributed by atoms with Gasteiger partial charge in [-0.1, -0.05) is 15.9 Å². The van der Waals surface area contributed by atoms with Crippen molar-refractivity contribution < 1.29 is 9.53 Å². The lowest BCUT2D eigenvalue weighted by Crippen LogP contribution is -2.33. The number of hydrogen-bond acceptors (Lipinski definition) is 3. The van der Waals surface area contributed by atoms with E-state index < -0.39 is 0 Å². The van der Waals surface area contributed by atoms with Crippen LogP contribution in [0.2, 0.25) is 0 Å². The van der Waals surface area contributed by atoms with Gasteiger partial charge in [-0.2, -0.15) is 0 Å². The van der Waals surface area contributed by atoms with Crippen molar-refractivity contribution in [3.63, 3.8) is 0 Å². The third-order valence-electron chi connectivity index (χ3n) is 3.33. The van der Waals surface area contributed by atoms with Crippen molar-refractivity contribution in [1.82, 2.24) is 4.90 Å². The minimum Gasteiger partial charge on any atom is -0.497 e. The molecule has 18 heavy (non-hydrogen) atoms. The Hall–Kier alpha value is -1.07. The van der Waals surface area contributed by atoms with Gasteiger partial charge in [-0.25, -0.2) is 0 Å². The molecule has 0 bridgehead atoms. The summed E-state index contributed by atoms with van der Waals surface area (Å²) in [7, 11) is 1.63. The van der Waals surface area contributed by atoms with E-state index in [1.54, 1.807) is 7.11 Å². The highest BCUT2D eigenvalue weighted by molar-refractivity contribution is 9.10. The van der Waals surface area contributed by atoms with Gasteiger partial charge in [-0.3, -0.25) is 4.79 Å². The van der Waals surface area contributed by atoms with Gasteiger partial charge < -0.3 is 15.4 Å². The number of rotatable bonds is 3. The van der Waals surface area contributed by atoms with Crippen LogP contribution >= 0.6 is 15.9 Å². The molecule has 0 aliphatic carbocycles. The number of likely N-dealkylation sites (N-methyl/N-ethyl adjacent to an activating group) is 1. The quantitative estimate of drug-likeness (QED) is 0.929. The van der Waals surface area contributed by atoms with E-state index in [-0.39, 0.29) is 18.0 Å². The molecule has 2 N–H and O–H groups in total. The van der Waals surface area contributed by atoms with Gasteiger partial charge >= 0.3 is 0 Å². The molecule has 1 aromatic rings. The first-order valence-corrected chi connectivity index (χ1v) is 6.76. The number of hydrogen-bond donors (Lipinski definition) is 1. The topological polar surface area (TPSA) is 55.6 Å². The van der Waals surface area contributed by atoms with Crippen molar-refractivity contribution in [2.45, 2.75) is 25.4 Å². The van der Waals surface area contributed by atoms with Crippen molar-refractivity contribution >= 4 is 21.8 Å². The lowest BCUT2D eigenvalue weighted by molar-refractivity contribution is -0.128. The Balaban J connectivity index is 2.43. The summed E-state index contributed by atoms with van der Waals surface area (Å²) in [5, 5.41) is 0. The smallest absolute Gasteiger partial charge is 0.224 e. The largest absolute Gasteiger partial charge is 0.497 e. The summed E-state index contributed by atoms with van der Waals surface area (Å²) in [6.45, 7) is 2.64. The Kier molecular flexibility index (Phi) is 3.92. The molecular weight excluding hydrogens is 296 g/mol. The van der Waals surface area contributed by atoms with Gasteiger partial charge in [-0.05, 0) is 30.7 Å². The van der Waals surface area contributed by atoms with Gasteiger partial charge in [0.15, 0.2) is 0 Å². The Labute approximate surface area is 115 Å². The van der Waals surface area contributed by atoms with Crippen LogP contribution in [0.25, 0.3) is 0 Å². The molecule has 2 unspecified atom stereocenters. The Morgan fingerprint density at radius 2 is 2.28 bits per heavy atom. The first kappa shape index (κ1) is 13.4. The Morgan fingerprint density at radius 1 is 1.56 bits per heavy atom. The monoisotopic (exact) mass is 312 g/mol. The third-order valence-corrected chi connectivity index (χ3v) is 4.06. The first-order chi connectivity index (χ1) is 8.58. The van der Waals surface area contributed by atoms with Crippen LogP contribution in [0.4, 0.5) is 0 Å². The van der Waals surface area contributed by atoms with Crippen molar-refractivity contribution in [2.75, 3.05) is 13.7 Å². The van der Waals surface area contributed by atoms with Gasteiger partial charge in [-0.15, -0.1) is 0 Å². The van der Waals surface area contributed by atoms with Crippen LogP contribution in [-0.4, -0.2) is 30.5 Å². The van der Waals surface area contributed by atoms with Crippen LogP contribution in [0.15, 0.2) is 22.7 Å². The van der Waals surface area contributed by atoms with Crippen LogP contribution in [0.5, 0.6) is 5.75 Å². The van der Waals surface area contributed by atoms with E-state index in [0.717, 1.165) is 15.8 Å². The van der Waals surface area contributed by atoms with Gasteiger partial charge in [0.05, 0.1) is 13.2 Å². The number of likely N-dealkylation sites (tertiary alicyclic amines) is 1. The van der Waals surface area contributed by atoms with E-state index in [4.69, 9.17) is 10.5 Å². The van der Waals surface area contributed by atoms with E-state index >= 15 is 0 Å². The van der Waals surface area contributed by atoms with Crippen LogP contribution in [0.3, 0.4) is 0 Å². The zero-order chi connectivity index (χ0) is 13.3. The normalized spacial score (nSPS) is 23.6. The third kappa shape index (κ3) is 2.24. The SMILES string of the molecule is CCN1C(=O)CC(N)C1c1cc(OC)ccc1Br. The maximum Gasteiger partial charge on any atom is 0.224 e. The molecule has 1 aromatic carbocycles. The molecular formula is C13H17BrN2O2. The molecule has 0 radical (unpaired) electrons. The highest BCUT2D eigenvalue weighted by Crippen LogP contribution is 2.37. The van der Waals surface area contributed by atoms with Crippen LogP contribution in [0, 0.1) is 0 Å². The second-order valence-corrected chi connectivity index (χ2v) is 5.23. The molecule has 1 fully saturated rings. The summed E-state index contributed by atoms with van der Waals surface area (Å²) >= 11 is 3.52. The van der Waals surface area contributed by atoms with Crippen molar-refractivity contribution in [1.29, 1.82) is 0 Å². The molecule has 2 atom stereocenters. The molecule has 1 saturated heterocycles. The molecule has 1 aliphatic rings. The number of halogens is 1. The molecule has 1 heterocycles. The number of nitrogens with two attached hydrogens (primary N) is 1. The average molecular weight is 313 g/mol. The summed E-state index contributed by atoms with van der Waals surface area (Å²) in [4.78, 5) is 13.7. The average Bonchev–Trinajstić information content (AvgIpc) is 2.64. The van der Waals surface area contributed by atoms with Crippen molar-refractivity contribution in [3.05, 3.63) is 28.2 Å². The number of nitrogens with zero attached hydrogens (tertiary/aromatic N) is 1.